The first-order chi connectivity index (χ1) is 10.1. The zero-order valence-corrected chi connectivity index (χ0v) is 12.4. The van der Waals surface area contributed by atoms with E-state index in [9.17, 15) is 9.32 Å². The van der Waals surface area contributed by atoms with Crippen molar-refractivity contribution in [2.24, 2.45) is 0 Å². The normalized spacial score (nSPS) is 11.7. The number of aromatic hydroxyl groups is 1. The molecule has 1 unspecified atom stereocenters. The maximum Gasteiger partial charge on any atom is 0.121 e. The van der Waals surface area contributed by atoms with Gasteiger partial charge in [-0.2, -0.15) is 5.26 Å². The Morgan fingerprint density at radius 3 is 2.48 bits per heavy atom. The van der Waals surface area contributed by atoms with E-state index in [0.29, 0.717) is 26.6 Å². The molecular formula is C15H14N2O3S. The number of nitriles is 1. The van der Waals surface area contributed by atoms with Gasteiger partial charge in [-0.1, -0.05) is 0 Å². The first kappa shape index (κ1) is 15.0. The standard InChI is InChI=1S/C15H14N2O3S/c1-10-14(17-20-2)7-13(8-15(10)18)21(19)12-5-3-11(9-16)4-6-12/h3-8,17-18H,1-2H3. The van der Waals surface area contributed by atoms with Crippen molar-refractivity contribution in [3.63, 3.8) is 0 Å². The molecule has 0 fully saturated rings. The number of nitrogens with zero attached hydrogens (tertiary/aromatic N) is 1. The summed E-state index contributed by atoms with van der Waals surface area (Å²) < 4.78 is 12.5. The second-order valence-electron chi connectivity index (χ2n) is 4.33. The number of hydrogen-bond acceptors (Lipinski definition) is 5. The molecule has 2 aromatic carbocycles. The molecule has 0 aliphatic heterocycles. The van der Waals surface area contributed by atoms with Crippen LogP contribution in [0.15, 0.2) is 46.2 Å². The predicted octanol–water partition coefficient (Wildman–Crippen LogP) is 2.71. The van der Waals surface area contributed by atoms with E-state index in [4.69, 9.17) is 10.1 Å². The summed E-state index contributed by atoms with van der Waals surface area (Å²) in [4.78, 5) is 5.84. The summed E-state index contributed by atoms with van der Waals surface area (Å²) in [6.07, 6.45) is 0. The number of benzene rings is 2. The van der Waals surface area contributed by atoms with Crippen LogP contribution in [0.4, 0.5) is 5.69 Å². The number of hydrogen-bond donors (Lipinski definition) is 2. The molecule has 2 N–H and O–H groups in total. The van der Waals surface area contributed by atoms with E-state index in [1.807, 2.05) is 6.07 Å². The Bertz CT molecular complexity index is 721. The Hall–Kier alpha value is -2.36. The van der Waals surface area contributed by atoms with Gasteiger partial charge in [0.1, 0.15) is 5.75 Å². The highest BCUT2D eigenvalue weighted by Crippen LogP contribution is 2.30. The first-order valence-electron chi connectivity index (χ1n) is 6.11. The Morgan fingerprint density at radius 2 is 1.90 bits per heavy atom. The minimum absolute atomic E-state index is 0.0362. The van der Waals surface area contributed by atoms with E-state index in [1.165, 1.54) is 13.2 Å². The van der Waals surface area contributed by atoms with Crippen LogP contribution >= 0.6 is 0 Å². The Balaban J connectivity index is 2.40. The van der Waals surface area contributed by atoms with Gasteiger partial charge >= 0.3 is 0 Å². The lowest BCUT2D eigenvalue weighted by atomic mass is 10.2. The molecule has 0 heterocycles. The van der Waals surface area contributed by atoms with Gasteiger partial charge in [-0.05, 0) is 43.3 Å². The Morgan fingerprint density at radius 1 is 1.24 bits per heavy atom. The Labute approximate surface area is 125 Å². The molecule has 0 aromatic heterocycles. The van der Waals surface area contributed by atoms with Crippen molar-refractivity contribution in [3.8, 4) is 11.8 Å². The van der Waals surface area contributed by atoms with Crippen LogP contribution in [-0.4, -0.2) is 16.4 Å². The van der Waals surface area contributed by atoms with Crippen LogP contribution in [0.3, 0.4) is 0 Å². The van der Waals surface area contributed by atoms with E-state index in [-0.39, 0.29) is 5.75 Å². The highest BCUT2D eigenvalue weighted by molar-refractivity contribution is 7.85. The zero-order valence-electron chi connectivity index (χ0n) is 11.6. The second kappa shape index (κ2) is 6.39. The molecule has 0 spiro atoms. The number of phenols is 1. The van der Waals surface area contributed by atoms with Crippen LogP contribution in [-0.2, 0) is 15.6 Å². The molecule has 0 amide bonds. The van der Waals surface area contributed by atoms with Crippen molar-refractivity contribution in [2.75, 3.05) is 12.6 Å². The van der Waals surface area contributed by atoms with Gasteiger partial charge in [-0.3, -0.25) is 10.3 Å². The lowest BCUT2D eigenvalue weighted by Crippen LogP contribution is -2.01. The van der Waals surface area contributed by atoms with E-state index in [2.05, 4.69) is 5.48 Å². The molecular weight excluding hydrogens is 288 g/mol. The first-order valence-corrected chi connectivity index (χ1v) is 7.26. The molecule has 2 aromatic rings. The largest absolute Gasteiger partial charge is 0.508 e. The molecule has 0 saturated heterocycles. The van der Waals surface area contributed by atoms with E-state index in [0.717, 1.165) is 0 Å². The summed E-state index contributed by atoms with van der Waals surface area (Å²) in [6, 6.07) is 11.6. The smallest absolute Gasteiger partial charge is 0.121 e. The van der Waals surface area contributed by atoms with Gasteiger partial charge in [0.25, 0.3) is 0 Å². The average molecular weight is 302 g/mol. The van der Waals surface area contributed by atoms with Crippen LogP contribution in [0.25, 0.3) is 0 Å². The fourth-order valence-corrected chi connectivity index (χ4v) is 2.88. The van der Waals surface area contributed by atoms with Gasteiger partial charge in [-0.25, -0.2) is 4.21 Å². The molecule has 6 heteroatoms. The second-order valence-corrected chi connectivity index (χ2v) is 5.81. The van der Waals surface area contributed by atoms with Crippen LogP contribution in [0.5, 0.6) is 5.75 Å². The molecule has 0 bridgehead atoms. The fourth-order valence-electron chi connectivity index (χ4n) is 1.79. The summed E-state index contributed by atoms with van der Waals surface area (Å²) in [5.41, 5.74) is 4.31. The van der Waals surface area contributed by atoms with Gasteiger partial charge in [0.05, 0.1) is 35.2 Å². The predicted molar refractivity (Wildman–Crippen MR) is 79.3 cm³/mol. The van der Waals surface area contributed by atoms with Gasteiger partial charge < -0.3 is 5.11 Å². The highest BCUT2D eigenvalue weighted by Gasteiger charge is 2.13. The lowest BCUT2D eigenvalue weighted by Gasteiger charge is -2.11. The van der Waals surface area contributed by atoms with E-state index in [1.54, 1.807) is 37.3 Å². The van der Waals surface area contributed by atoms with Crippen LogP contribution in [0.2, 0.25) is 0 Å². The van der Waals surface area contributed by atoms with Crippen molar-refractivity contribution in [1.29, 1.82) is 5.26 Å². The summed E-state index contributed by atoms with van der Waals surface area (Å²) in [7, 11) is 0.00464. The molecule has 1 atom stereocenters. The van der Waals surface area contributed by atoms with Crippen molar-refractivity contribution in [2.45, 2.75) is 16.7 Å². The van der Waals surface area contributed by atoms with Gasteiger partial charge in [-0.15, -0.1) is 0 Å². The summed E-state index contributed by atoms with van der Waals surface area (Å²) in [5.74, 6) is 0.0362. The van der Waals surface area contributed by atoms with E-state index < -0.39 is 10.8 Å². The van der Waals surface area contributed by atoms with Crippen molar-refractivity contribution in [3.05, 3.63) is 47.5 Å². The Kier molecular flexibility index (Phi) is 4.58. The number of rotatable bonds is 4. The van der Waals surface area contributed by atoms with Crippen LogP contribution in [0, 0.1) is 18.3 Å². The third kappa shape index (κ3) is 3.21. The molecule has 0 aliphatic carbocycles. The molecule has 5 nitrogen and oxygen atoms in total. The minimum atomic E-state index is -1.45. The molecule has 0 saturated carbocycles. The maximum absolute atomic E-state index is 12.5. The van der Waals surface area contributed by atoms with Crippen molar-refractivity contribution < 1.29 is 14.2 Å². The van der Waals surface area contributed by atoms with Crippen LogP contribution in [0.1, 0.15) is 11.1 Å². The number of anilines is 1. The SMILES string of the molecule is CONc1cc(S(=O)c2ccc(C#N)cc2)cc(O)c1C. The fraction of sp³-hybridized carbons (Fsp3) is 0.133. The number of phenolic OH excluding ortho intramolecular Hbond substituents is 1. The maximum atomic E-state index is 12.5. The van der Waals surface area contributed by atoms with Crippen molar-refractivity contribution >= 4 is 16.5 Å². The third-order valence-electron chi connectivity index (χ3n) is 2.98. The summed E-state index contributed by atoms with van der Waals surface area (Å²) in [5, 5.41) is 18.7. The van der Waals surface area contributed by atoms with Crippen LogP contribution < -0.4 is 5.48 Å². The van der Waals surface area contributed by atoms with Crippen molar-refractivity contribution in [1.82, 2.24) is 0 Å². The van der Waals surface area contributed by atoms with E-state index >= 15 is 0 Å². The average Bonchev–Trinajstić information content (AvgIpc) is 2.51. The molecule has 0 radical (unpaired) electrons. The lowest BCUT2D eigenvalue weighted by molar-refractivity contribution is 0.270. The zero-order chi connectivity index (χ0) is 15.4. The summed E-state index contributed by atoms with van der Waals surface area (Å²) in [6.45, 7) is 1.73. The van der Waals surface area contributed by atoms with Gasteiger partial charge in [0.2, 0.25) is 0 Å². The van der Waals surface area contributed by atoms with Gasteiger partial charge in [0, 0.05) is 15.4 Å². The molecule has 108 valence electrons. The number of nitrogens with one attached hydrogen (secondary N) is 1. The molecule has 2 rings (SSSR count). The topological polar surface area (TPSA) is 82.3 Å². The highest BCUT2D eigenvalue weighted by atomic mass is 32.2. The van der Waals surface area contributed by atoms with Gasteiger partial charge in [0.15, 0.2) is 0 Å². The summed E-state index contributed by atoms with van der Waals surface area (Å²) >= 11 is 0. The molecule has 0 aliphatic rings. The minimum Gasteiger partial charge on any atom is -0.508 e. The molecule has 21 heavy (non-hydrogen) atoms. The monoisotopic (exact) mass is 302 g/mol. The third-order valence-corrected chi connectivity index (χ3v) is 4.34. The quantitative estimate of drug-likeness (QED) is 0.849.